The van der Waals surface area contributed by atoms with Gasteiger partial charge in [0.15, 0.2) is 0 Å². The number of hydrogen-bond donors (Lipinski definition) is 1. The molecule has 0 saturated carbocycles. The van der Waals surface area contributed by atoms with Gasteiger partial charge < -0.3 is 5.11 Å². The predicted molar refractivity (Wildman–Crippen MR) is 83.5 cm³/mol. The standard InChI is InChI=1S/C16H25NO3S/c1-3-15-9-5-4-6-11-17(15)21(19,20)16-10-7-8-14(12-16)13(2)18/h7-8,10,12-13,15,18H,3-6,9,11H2,1-2H3. The fraction of sp³-hybridized carbons (Fsp3) is 0.625. The van der Waals surface area contributed by atoms with Crippen molar-refractivity contribution in [2.75, 3.05) is 6.54 Å². The Morgan fingerprint density at radius 3 is 2.76 bits per heavy atom. The van der Waals surface area contributed by atoms with E-state index in [4.69, 9.17) is 0 Å². The molecule has 5 heteroatoms. The van der Waals surface area contributed by atoms with E-state index in [9.17, 15) is 13.5 Å². The molecule has 2 atom stereocenters. The average Bonchev–Trinajstić information content (AvgIpc) is 2.73. The number of aliphatic hydroxyl groups is 1. The number of nitrogens with zero attached hydrogens (tertiary/aromatic N) is 1. The van der Waals surface area contributed by atoms with Crippen LogP contribution in [0.2, 0.25) is 0 Å². The molecule has 1 heterocycles. The van der Waals surface area contributed by atoms with Crippen molar-refractivity contribution >= 4 is 10.0 Å². The Hall–Kier alpha value is -0.910. The van der Waals surface area contributed by atoms with Gasteiger partial charge >= 0.3 is 0 Å². The van der Waals surface area contributed by atoms with Crippen LogP contribution >= 0.6 is 0 Å². The van der Waals surface area contributed by atoms with Gasteiger partial charge in [-0.3, -0.25) is 0 Å². The molecule has 2 rings (SSSR count). The third-order valence-electron chi connectivity index (χ3n) is 4.24. The Labute approximate surface area is 127 Å². The van der Waals surface area contributed by atoms with E-state index in [0.717, 1.165) is 32.1 Å². The van der Waals surface area contributed by atoms with Crippen molar-refractivity contribution in [3.05, 3.63) is 29.8 Å². The van der Waals surface area contributed by atoms with E-state index < -0.39 is 16.1 Å². The van der Waals surface area contributed by atoms with Crippen molar-refractivity contribution in [1.29, 1.82) is 0 Å². The minimum absolute atomic E-state index is 0.0905. The van der Waals surface area contributed by atoms with Gasteiger partial charge in [-0.25, -0.2) is 8.42 Å². The molecule has 21 heavy (non-hydrogen) atoms. The molecule has 0 aliphatic carbocycles. The lowest BCUT2D eigenvalue weighted by molar-refractivity contribution is 0.199. The number of rotatable bonds is 4. The van der Waals surface area contributed by atoms with Crippen LogP contribution in [0.15, 0.2) is 29.2 Å². The molecule has 0 bridgehead atoms. The highest BCUT2D eigenvalue weighted by Crippen LogP contribution is 2.27. The molecule has 0 radical (unpaired) electrons. The first-order chi connectivity index (χ1) is 9.96. The minimum Gasteiger partial charge on any atom is -0.389 e. The summed E-state index contributed by atoms with van der Waals surface area (Å²) in [5, 5.41) is 9.66. The van der Waals surface area contributed by atoms with E-state index in [0.29, 0.717) is 17.0 Å². The molecule has 0 aromatic heterocycles. The maximum absolute atomic E-state index is 12.9. The highest BCUT2D eigenvalue weighted by atomic mass is 32.2. The smallest absolute Gasteiger partial charge is 0.243 e. The van der Waals surface area contributed by atoms with Gasteiger partial charge in [0.05, 0.1) is 11.0 Å². The first-order valence-corrected chi connectivity index (χ1v) is 9.20. The van der Waals surface area contributed by atoms with Crippen molar-refractivity contribution in [2.24, 2.45) is 0 Å². The maximum Gasteiger partial charge on any atom is 0.243 e. The van der Waals surface area contributed by atoms with Crippen LogP contribution in [0.25, 0.3) is 0 Å². The van der Waals surface area contributed by atoms with Gasteiger partial charge in [0.1, 0.15) is 0 Å². The third kappa shape index (κ3) is 3.65. The van der Waals surface area contributed by atoms with Gasteiger partial charge in [0.25, 0.3) is 0 Å². The summed E-state index contributed by atoms with van der Waals surface area (Å²) in [5.74, 6) is 0. The van der Waals surface area contributed by atoms with Gasteiger partial charge in [0.2, 0.25) is 10.0 Å². The van der Waals surface area contributed by atoms with Crippen LogP contribution in [0.5, 0.6) is 0 Å². The van der Waals surface area contributed by atoms with E-state index >= 15 is 0 Å². The molecule has 1 saturated heterocycles. The molecule has 1 aromatic rings. The van der Waals surface area contributed by atoms with Crippen LogP contribution in [0.1, 0.15) is 57.6 Å². The van der Waals surface area contributed by atoms with Crippen molar-refractivity contribution in [1.82, 2.24) is 4.31 Å². The zero-order valence-electron chi connectivity index (χ0n) is 12.8. The summed E-state index contributed by atoms with van der Waals surface area (Å²) in [6, 6.07) is 6.76. The number of sulfonamides is 1. The molecular formula is C16H25NO3S. The van der Waals surface area contributed by atoms with E-state index in [1.165, 1.54) is 0 Å². The molecule has 1 fully saturated rings. The topological polar surface area (TPSA) is 57.6 Å². The number of aliphatic hydroxyl groups excluding tert-OH is 1. The summed E-state index contributed by atoms with van der Waals surface area (Å²) in [7, 11) is -3.48. The van der Waals surface area contributed by atoms with Crippen LogP contribution in [0.3, 0.4) is 0 Å². The van der Waals surface area contributed by atoms with E-state index in [1.807, 2.05) is 6.92 Å². The van der Waals surface area contributed by atoms with Crippen molar-refractivity contribution < 1.29 is 13.5 Å². The van der Waals surface area contributed by atoms with Gasteiger partial charge in [0, 0.05) is 12.6 Å². The SMILES string of the molecule is CCC1CCCCCN1S(=O)(=O)c1cccc(C(C)O)c1. The molecule has 1 aliphatic rings. The second-order valence-electron chi connectivity index (χ2n) is 5.78. The predicted octanol–water partition coefficient (Wildman–Crippen LogP) is 3.08. The summed E-state index contributed by atoms with van der Waals surface area (Å²) in [6.07, 6.45) is 4.23. The van der Waals surface area contributed by atoms with Crippen molar-refractivity contribution in [2.45, 2.75) is 63.0 Å². The Bertz CT molecular complexity index is 569. The first kappa shape index (κ1) is 16.5. The van der Waals surface area contributed by atoms with Gasteiger partial charge in [-0.1, -0.05) is 31.9 Å². The summed E-state index contributed by atoms with van der Waals surface area (Å²) in [5.41, 5.74) is 0.638. The first-order valence-electron chi connectivity index (χ1n) is 7.76. The largest absolute Gasteiger partial charge is 0.389 e. The monoisotopic (exact) mass is 311 g/mol. The fourth-order valence-corrected chi connectivity index (χ4v) is 4.77. The van der Waals surface area contributed by atoms with Crippen LogP contribution in [-0.4, -0.2) is 30.4 Å². The fourth-order valence-electron chi connectivity index (χ4n) is 2.95. The lowest BCUT2D eigenvalue weighted by atomic mass is 10.1. The summed E-state index contributed by atoms with van der Waals surface area (Å²) in [6.45, 7) is 4.29. The van der Waals surface area contributed by atoms with E-state index in [1.54, 1.807) is 35.5 Å². The summed E-state index contributed by atoms with van der Waals surface area (Å²) in [4.78, 5) is 0.293. The molecule has 4 nitrogen and oxygen atoms in total. The van der Waals surface area contributed by atoms with Crippen LogP contribution in [0, 0.1) is 0 Å². The zero-order valence-corrected chi connectivity index (χ0v) is 13.6. The third-order valence-corrected chi connectivity index (χ3v) is 6.19. The molecular weight excluding hydrogens is 286 g/mol. The molecule has 1 aromatic carbocycles. The van der Waals surface area contributed by atoms with E-state index in [2.05, 4.69) is 0 Å². The number of hydrogen-bond acceptors (Lipinski definition) is 3. The van der Waals surface area contributed by atoms with Gasteiger partial charge in [-0.15, -0.1) is 0 Å². The second-order valence-corrected chi connectivity index (χ2v) is 7.67. The number of benzene rings is 1. The van der Waals surface area contributed by atoms with Gasteiger partial charge in [-0.2, -0.15) is 4.31 Å². The lowest BCUT2D eigenvalue weighted by Crippen LogP contribution is -2.39. The Morgan fingerprint density at radius 1 is 1.33 bits per heavy atom. The molecule has 1 aliphatic heterocycles. The Balaban J connectivity index is 2.37. The Kier molecular flexibility index (Phi) is 5.41. The van der Waals surface area contributed by atoms with E-state index in [-0.39, 0.29) is 6.04 Å². The lowest BCUT2D eigenvalue weighted by Gasteiger charge is -2.28. The second kappa shape index (κ2) is 6.90. The van der Waals surface area contributed by atoms with Crippen LogP contribution < -0.4 is 0 Å². The highest BCUT2D eigenvalue weighted by molar-refractivity contribution is 7.89. The summed E-state index contributed by atoms with van der Waals surface area (Å²) < 4.78 is 27.5. The maximum atomic E-state index is 12.9. The average molecular weight is 311 g/mol. The molecule has 2 unspecified atom stereocenters. The molecule has 118 valence electrons. The zero-order chi connectivity index (χ0) is 15.5. The minimum atomic E-state index is -3.48. The highest BCUT2D eigenvalue weighted by Gasteiger charge is 2.31. The normalized spacial score (nSPS) is 22.7. The summed E-state index contributed by atoms with van der Waals surface area (Å²) >= 11 is 0. The van der Waals surface area contributed by atoms with Crippen molar-refractivity contribution in [3.8, 4) is 0 Å². The molecule has 0 amide bonds. The quantitative estimate of drug-likeness (QED) is 0.929. The molecule has 0 spiro atoms. The molecule has 1 N–H and O–H groups in total. The Morgan fingerprint density at radius 2 is 2.10 bits per heavy atom. The van der Waals surface area contributed by atoms with Crippen LogP contribution in [-0.2, 0) is 10.0 Å². The van der Waals surface area contributed by atoms with Gasteiger partial charge in [-0.05, 0) is 43.9 Å². The van der Waals surface area contributed by atoms with Crippen molar-refractivity contribution in [3.63, 3.8) is 0 Å². The van der Waals surface area contributed by atoms with Crippen LogP contribution in [0.4, 0.5) is 0 Å².